The molecule has 0 radical (unpaired) electrons. The molecule has 1 aromatic rings. The second kappa shape index (κ2) is 6.09. The maximum Gasteiger partial charge on any atom is 0.319 e. The van der Waals surface area contributed by atoms with Crippen LogP contribution in [0, 0.1) is 5.82 Å². The van der Waals surface area contributed by atoms with Crippen LogP contribution in [-0.2, 0) is 10.0 Å². The van der Waals surface area contributed by atoms with E-state index in [0.717, 1.165) is 12.8 Å². The van der Waals surface area contributed by atoms with Crippen LogP contribution in [0.1, 0.15) is 25.7 Å². The Balaban J connectivity index is 1.58. The van der Waals surface area contributed by atoms with Crippen molar-refractivity contribution in [2.45, 2.75) is 43.8 Å². The summed E-state index contributed by atoms with van der Waals surface area (Å²) in [5, 5.41) is 5.55. The van der Waals surface area contributed by atoms with Crippen molar-refractivity contribution in [3.63, 3.8) is 0 Å². The van der Waals surface area contributed by atoms with Gasteiger partial charge in [0.05, 0.1) is 6.26 Å². The molecule has 2 atom stereocenters. The van der Waals surface area contributed by atoms with Crippen molar-refractivity contribution in [2.75, 3.05) is 11.6 Å². The van der Waals surface area contributed by atoms with Crippen LogP contribution in [0.25, 0.3) is 0 Å². The summed E-state index contributed by atoms with van der Waals surface area (Å²) in [6.07, 6.45) is 4.18. The first-order chi connectivity index (χ1) is 10.8. The summed E-state index contributed by atoms with van der Waals surface area (Å²) in [7, 11) is -3.20. The number of nitrogens with one attached hydrogen (secondary N) is 2. The fourth-order valence-corrected chi connectivity index (χ4v) is 5.15. The molecule has 2 N–H and O–H groups in total. The number of sulfonamides is 1. The molecule has 6 nitrogen and oxygen atoms in total. The van der Waals surface area contributed by atoms with Crippen LogP contribution >= 0.6 is 0 Å². The number of piperidine rings is 1. The summed E-state index contributed by atoms with van der Waals surface area (Å²) in [6.45, 7) is 0. The van der Waals surface area contributed by atoms with E-state index in [4.69, 9.17) is 0 Å². The number of anilines is 1. The van der Waals surface area contributed by atoms with E-state index in [2.05, 4.69) is 10.6 Å². The molecule has 2 heterocycles. The lowest BCUT2D eigenvalue weighted by atomic mass is 10.00. The van der Waals surface area contributed by atoms with Gasteiger partial charge in [-0.05, 0) is 49.9 Å². The van der Waals surface area contributed by atoms with Gasteiger partial charge in [-0.2, -0.15) is 4.31 Å². The molecule has 0 saturated carbocycles. The van der Waals surface area contributed by atoms with E-state index in [1.165, 1.54) is 30.5 Å². The second-order valence-corrected chi connectivity index (χ2v) is 8.14. The van der Waals surface area contributed by atoms with E-state index in [1.54, 1.807) is 4.31 Å². The fourth-order valence-electron chi connectivity index (χ4n) is 3.68. The van der Waals surface area contributed by atoms with Gasteiger partial charge in [-0.1, -0.05) is 0 Å². The summed E-state index contributed by atoms with van der Waals surface area (Å²) in [5.41, 5.74) is 0.514. The second-order valence-electron chi connectivity index (χ2n) is 6.25. The lowest BCUT2D eigenvalue weighted by Crippen LogP contribution is -2.52. The Hall–Kier alpha value is -1.67. The number of amides is 2. The highest BCUT2D eigenvalue weighted by atomic mass is 32.2. The van der Waals surface area contributed by atoms with E-state index in [-0.39, 0.29) is 30.0 Å². The molecule has 2 unspecified atom stereocenters. The molecule has 2 amide bonds. The molecule has 0 aromatic heterocycles. The van der Waals surface area contributed by atoms with Gasteiger partial charge in [-0.25, -0.2) is 17.6 Å². The first-order valence-corrected chi connectivity index (χ1v) is 9.49. The van der Waals surface area contributed by atoms with Crippen molar-refractivity contribution in [3.8, 4) is 0 Å². The zero-order chi connectivity index (χ0) is 16.6. The monoisotopic (exact) mass is 341 g/mol. The molecule has 1 aromatic carbocycles. The topological polar surface area (TPSA) is 78.5 Å². The van der Waals surface area contributed by atoms with E-state index in [9.17, 15) is 17.6 Å². The van der Waals surface area contributed by atoms with Gasteiger partial charge in [-0.3, -0.25) is 0 Å². The number of carbonyl (C=O) groups is 1. The Morgan fingerprint density at radius 2 is 1.74 bits per heavy atom. The molecule has 2 bridgehead atoms. The summed E-state index contributed by atoms with van der Waals surface area (Å²) in [6, 6.07) is 5.08. The van der Waals surface area contributed by atoms with Crippen LogP contribution in [0.15, 0.2) is 24.3 Å². The van der Waals surface area contributed by atoms with Crippen LogP contribution in [0.2, 0.25) is 0 Å². The average molecular weight is 341 g/mol. The lowest BCUT2D eigenvalue weighted by molar-refractivity contribution is 0.204. The molecule has 126 valence electrons. The molecule has 2 saturated heterocycles. The summed E-state index contributed by atoms with van der Waals surface area (Å²) in [5.74, 6) is -0.360. The van der Waals surface area contributed by atoms with Gasteiger partial charge < -0.3 is 10.6 Å². The van der Waals surface area contributed by atoms with Gasteiger partial charge in [0, 0.05) is 23.8 Å². The summed E-state index contributed by atoms with van der Waals surface area (Å²) < 4.78 is 38.1. The highest BCUT2D eigenvalue weighted by Crippen LogP contribution is 2.37. The first kappa shape index (κ1) is 16.2. The normalized spacial score (nSPS) is 27.7. The predicted molar refractivity (Wildman–Crippen MR) is 85.1 cm³/mol. The van der Waals surface area contributed by atoms with Crippen LogP contribution in [-0.4, -0.2) is 43.1 Å². The minimum absolute atomic E-state index is 0.0279. The fraction of sp³-hybridized carbons (Fsp3) is 0.533. The van der Waals surface area contributed by atoms with Crippen molar-refractivity contribution < 1.29 is 17.6 Å². The number of nitrogens with zero attached hydrogens (tertiary/aromatic N) is 1. The number of rotatable bonds is 3. The number of urea groups is 1. The third-order valence-electron chi connectivity index (χ3n) is 4.49. The van der Waals surface area contributed by atoms with Gasteiger partial charge in [0.2, 0.25) is 10.0 Å². The maximum atomic E-state index is 12.8. The Morgan fingerprint density at radius 3 is 2.26 bits per heavy atom. The minimum Gasteiger partial charge on any atom is -0.335 e. The number of benzene rings is 1. The third kappa shape index (κ3) is 3.64. The van der Waals surface area contributed by atoms with Crippen LogP contribution in [0.3, 0.4) is 0 Å². The average Bonchev–Trinajstić information content (AvgIpc) is 2.74. The zero-order valence-electron chi connectivity index (χ0n) is 12.8. The van der Waals surface area contributed by atoms with Gasteiger partial charge in [0.25, 0.3) is 0 Å². The highest BCUT2D eigenvalue weighted by Gasteiger charge is 2.45. The number of hydrogen-bond donors (Lipinski definition) is 2. The molecule has 3 rings (SSSR count). The van der Waals surface area contributed by atoms with Crippen molar-refractivity contribution in [1.82, 2.24) is 9.62 Å². The molecule has 8 heteroatoms. The zero-order valence-corrected chi connectivity index (χ0v) is 13.6. The molecule has 23 heavy (non-hydrogen) atoms. The van der Waals surface area contributed by atoms with E-state index >= 15 is 0 Å². The third-order valence-corrected chi connectivity index (χ3v) is 5.85. The first-order valence-electron chi connectivity index (χ1n) is 7.64. The van der Waals surface area contributed by atoms with Crippen molar-refractivity contribution in [1.29, 1.82) is 0 Å². The Morgan fingerprint density at radius 1 is 1.17 bits per heavy atom. The van der Waals surface area contributed by atoms with Crippen LogP contribution in [0.5, 0.6) is 0 Å². The quantitative estimate of drug-likeness (QED) is 0.881. The largest absolute Gasteiger partial charge is 0.335 e. The molecular formula is C15H20FN3O3S. The molecular weight excluding hydrogens is 321 g/mol. The molecule has 0 spiro atoms. The van der Waals surface area contributed by atoms with Crippen molar-refractivity contribution in [2.24, 2.45) is 0 Å². The lowest BCUT2D eigenvalue weighted by Gasteiger charge is -2.37. The van der Waals surface area contributed by atoms with E-state index < -0.39 is 10.0 Å². The predicted octanol–water partition coefficient (Wildman–Crippen LogP) is 1.90. The smallest absolute Gasteiger partial charge is 0.319 e. The number of fused-ring (bicyclic) bond motifs is 2. The number of hydrogen-bond acceptors (Lipinski definition) is 3. The maximum absolute atomic E-state index is 12.8. The Kier molecular flexibility index (Phi) is 4.29. The van der Waals surface area contributed by atoms with Crippen molar-refractivity contribution in [3.05, 3.63) is 30.1 Å². The molecule has 2 aliphatic heterocycles. The number of halogens is 1. The van der Waals surface area contributed by atoms with E-state index in [0.29, 0.717) is 18.5 Å². The van der Waals surface area contributed by atoms with Gasteiger partial charge in [-0.15, -0.1) is 0 Å². The molecule has 2 fully saturated rings. The van der Waals surface area contributed by atoms with Crippen LogP contribution < -0.4 is 10.6 Å². The number of carbonyl (C=O) groups excluding carboxylic acids is 1. The van der Waals surface area contributed by atoms with E-state index in [1.807, 2.05) is 0 Å². The van der Waals surface area contributed by atoms with Gasteiger partial charge >= 0.3 is 6.03 Å². The van der Waals surface area contributed by atoms with Crippen molar-refractivity contribution >= 4 is 21.7 Å². The van der Waals surface area contributed by atoms with Gasteiger partial charge in [0.1, 0.15) is 5.82 Å². The summed E-state index contributed by atoms with van der Waals surface area (Å²) in [4.78, 5) is 12.0. The summed E-state index contributed by atoms with van der Waals surface area (Å²) >= 11 is 0. The van der Waals surface area contributed by atoms with Crippen LogP contribution in [0.4, 0.5) is 14.9 Å². The SMILES string of the molecule is CS(=O)(=O)N1C2CCC1CC(NC(=O)Nc1ccc(F)cc1)C2. The Bertz CT molecular complexity index is 678. The molecule has 2 aliphatic rings. The Labute approximate surface area is 135 Å². The molecule has 0 aliphatic carbocycles. The van der Waals surface area contributed by atoms with Gasteiger partial charge in [0.15, 0.2) is 0 Å². The standard InChI is InChI=1S/C15H20FN3O3S/c1-23(21,22)19-13-6-7-14(19)9-12(8-13)18-15(20)17-11-4-2-10(16)3-5-11/h2-5,12-14H,6-9H2,1H3,(H2,17,18,20). The highest BCUT2D eigenvalue weighted by molar-refractivity contribution is 7.88. The minimum atomic E-state index is -3.20.